The molecule has 0 saturated carbocycles. The summed E-state index contributed by atoms with van der Waals surface area (Å²) in [6.45, 7) is 4.54. The lowest BCUT2D eigenvalue weighted by Gasteiger charge is -2.20. The summed E-state index contributed by atoms with van der Waals surface area (Å²) in [5, 5.41) is 10.9. The molecule has 0 bridgehead atoms. The van der Waals surface area contributed by atoms with Gasteiger partial charge in [0.1, 0.15) is 0 Å². The standard InChI is InChI=1S/C12H15ClN2O5S/c1-3-5-14(4-2)12(16)9-6-10(15(17)18)8-11(7-9)21(13,19)20/h6-8H,3-5H2,1-2H3. The van der Waals surface area contributed by atoms with E-state index in [1.54, 1.807) is 6.92 Å². The van der Waals surface area contributed by atoms with Crippen LogP contribution in [0.2, 0.25) is 0 Å². The minimum absolute atomic E-state index is 0.0706. The predicted molar refractivity (Wildman–Crippen MR) is 78.0 cm³/mol. The number of nitro groups is 1. The van der Waals surface area contributed by atoms with Crippen molar-refractivity contribution in [1.29, 1.82) is 0 Å². The quantitative estimate of drug-likeness (QED) is 0.452. The van der Waals surface area contributed by atoms with Crippen molar-refractivity contribution in [2.24, 2.45) is 0 Å². The Hall–Kier alpha value is -1.67. The maximum atomic E-state index is 12.3. The Morgan fingerprint density at radius 2 is 1.95 bits per heavy atom. The third-order valence-electron chi connectivity index (χ3n) is 2.79. The van der Waals surface area contributed by atoms with Crippen molar-refractivity contribution >= 4 is 31.3 Å². The van der Waals surface area contributed by atoms with E-state index in [1.807, 2.05) is 6.92 Å². The van der Waals surface area contributed by atoms with Gasteiger partial charge >= 0.3 is 0 Å². The first kappa shape index (κ1) is 17.4. The second-order valence-electron chi connectivity index (χ2n) is 4.30. The summed E-state index contributed by atoms with van der Waals surface area (Å²) in [5.41, 5.74) is -0.564. The molecule has 0 unspecified atom stereocenters. The molecule has 0 saturated heterocycles. The molecule has 0 aliphatic rings. The number of nitro benzene ring substituents is 1. The van der Waals surface area contributed by atoms with Gasteiger partial charge in [0.25, 0.3) is 20.6 Å². The van der Waals surface area contributed by atoms with E-state index in [2.05, 4.69) is 0 Å². The summed E-state index contributed by atoms with van der Waals surface area (Å²) in [6.07, 6.45) is 0.717. The number of benzene rings is 1. The van der Waals surface area contributed by atoms with Gasteiger partial charge in [0.2, 0.25) is 0 Å². The molecule has 1 aromatic carbocycles. The van der Waals surface area contributed by atoms with E-state index in [9.17, 15) is 23.3 Å². The molecular formula is C12H15ClN2O5S. The molecule has 0 aliphatic carbocycles. The Bertz CT molecular complexity index is 660. The number of halogens is 1. The second-order valence-corrected chi connectivity index (χ2v) is 6.86. The van der Waals surface area contributed by atoms with Crippen molar-refractivity contribution in [3.63, 3.8) is 0 Å². The molecule has 0 spiro atoms. The summed E-state index contributed by atoms with van der Waals surface area (Å²) < 4.78 is 22.7. The van der Waals surface area contributed by atoms with Gasteiger partial charge in [0.15, 0.2) is 0 Å². The van der Waals surface area contributed by atoms with Gasteiger partial charge in [-0.1, -0.05) is 6.92 Å². The van der Waals surface area contributed by atoms with Crippen molar-refractivity contribution in [1.82, 2.24) is 4.90 Å². The average molecular weight is 335 g/mol. The smallest absolute Gasteiger partial charge is 0.271 e. The number of carbonyl (C=O) groups is 1. The topological polar surface area (TPSA) is 97.6 Å². The van der Waals surface area contributed by atoms with E-state index in [0.29, 0.717) is 13.1 Å². The minimum atomic E-state index is -4.16. The van der Waals surface area contributed by atoms with Gasteiger partial charge in [0, 0.05) is 41.5 Å². The van der Waals surface area contributed by atoms with Crippen molar-refractivity contribution in [3.05, 3.63) is 33.9 Å². The van der Waals surface area contributed by atoms with E-state index >= 15 is 0 Å². The van der Waals surface area contributed by atoms with Crippen LogP contribution in [0.5, 0.6) is 0 Å². The molecule has 0 radical (unpaired) electrons. The van der Waals surface area contributed by atoms with Crippen LogP contribution in [-0.4, -0.2) is 37.2 Å². The van der Waals surface area contributed by atoms with Crippen molar-refractivity contribution in [3.8, 4) is 0 Å². The SMILES string of the molecule is CCCN(CC)C(=O)c1cc([N+](=O)[O-])cc(S(=O)(=O)Cl)c1. The Morgan fingerprint density at radius 3 is 2.38 bits per heavy atom. The first-order chi connectivity index (χ1) is 9.70. The Morgan fingerprint density at radius 1 is 1.33 bits per heavy atom. The van der Waals surface area contributed by atoms with Crippen molar-refractivity contribution in [2.45, 2.75) is 25.2 Å². The zero-order valence-electron chi connectivity index (χ0n) is 11.6. The normalized spacial score (nSPS) is 11.2. The molecule has 0 aliphatic heterocycles. The number of hydrogen-bond donors (Lipinski definition) is 0. The Labute approximate surface area is 127 Å². The van der Waals surface area contributed by atoms with Gasteiger partial charge in [-0.2, -0.15) is 0 Å². The Kier molecular flexibility index (Phi) is 5.68. The van der Waals surface area contributed by atoms with E-state index < -0.39 is 30.5 Å². The molecule has 116 valence electrons. The molecule has 0 fully saturated rings. The number of rotatable bonds is 6. The van der Waals surface area contributed by atoms with Gasteiger partial charge < -0.3 is 4.90 Å². The predicted octanol–water partition coefficient (Wildman–Crippen LogP) is 2.39. The summed E-state index contributed by atoms with van der Waals surface area (Å²) >= 11 is 0. The zero-order valence-corrected chi connectivity index (χ0v) is 13.1. The van der Waals surface area contributed by atoms with Gasteiger partial charge in [0.05, 0.1) is 9.82 Å². The van der Waals surface area contributed by atoms with Gasteiger partial charge in [-0.3, -0.25) is 14.9 Å². The molecule has 7 nitrogen and oxygen atoms in total. The van der Waals surface area contributed by atoms with Gasteiger partial charge in [-0.05, 0) is 19.4 Å². The lowest BCUT2D eigenvalue weighted by atomic mass is 10.1. The highest BCUT2D eigenvalue weighted by molar-refractivity contribution is 8.13. The largest absolute Gasteiger partial charge is 0.339 e. The lowest BCUT2D eigenvalue weighted by molar-refractivity contribution is -0.385. The maximum absolute atomic E-state index is 12.3. The molecule has 1 aromatic rings. The fourth-order valence-corrected chi connectivity index (χ4v) is 2.61. The van der Waals surface area contributed by atoms with E-state index in [1.165, 1.54) is 4.90 Å². The number of nitrogens with zero attached hydrogens (tertiary/aromatic N) is 2. The van der Waals surface area contributed by atoms with Gasteiger partial charge in [-0.15, -0.1) is 0 Å². The third-order valence-corrected chi connectivity index (χ3v) is 4.13. The molecule has 0 atom stereocenters. The number of non-ortho nitro benzene ring substituents is 1. The zero-order chi connectivity index (χ0) is 16.2. The minimum Gasteiger partial charge on any atom is -0.339 e. The second kappa shape index (κ2) is 6.86. The van der Waals surface area contributed by atoms with Crippen LogP contribution in [0.3, 0.4) is 0 Å². The molecule has 21 heavy (non-hydrogen) atoms. The summed E-state index contributed by atoms with van der Waals surface area (Å²) in [5.74, 6) is -0.468. The fraction of sp³-hybridized carbons (Fsp3) is 0.417. The molecule has 0 N–H and O–H groups in total. The van der Waals surface area contributed by atoms with Crippen LogP contribution in [-0.2, 0) is 9.05 Å². The first-order valence-corrected chi connectivity index (χ1v) is 8.55. The highest BCUT2D eigenvalue weighted by atomic mass is 35.7. The van der Waals surface area contributed by atoms with Gasteiger partial charge in [-0.25, -0.2) is 8.42 Å². The fourth-order valence-electron chi connectivity index (χ4n) is 1.81. The van der Waals surface area contributed by atoms with E-state index in [4.69, 9.17) is 10.7 Å². The average Bonchev–Trinajstić information content (AvgIpc) is 2.42. The number of amides is 1. The molecular weight excluding hydrogens is 320 g/mol. The van der Waals surface area contributed by atoms with E-state index in [-0.39, 0.29) is 5.56 Å². The molecule has 0 heterocycles. The van der Waals surface area contributed by atoms with Crippen LogP contribution in [0, 0.1) is 10.1 Å². The number of hydrogen-bond acceptors (Lipinski definition) is 5. The van der Waals surface area contributed by atoms with E-state index in [0.717, 1.165) is 24.6 Å². The third kappa shape index (κ3) is 4.40. The van der Waals surface area contributed by atoms with Crippen molar-refractivity contribution < 1.29 is 18.1 Å². The highest BCUT2D eigenvalue weighted by Gasteiger charge is 2.22. The molecule has 1 amide bonds. The van der Waals surface area contributed by atoms with Crippen LogP contribution in [0.1, 0.15) is 30.6 Å². The Balaban J connectivity index is 3.38. The van der Waals surface area contributed by atoms with Crippen LogP contribution in [0.4, 0.5) is 5.69 Å². The lowest BCUT2D eigenvalue weighted by Crippen LogP contribution is -2.31. The van der Waals surface area contributed by atoms with Crippen LogP contribution in [0.15, 0.2) is 23.1 Å². The maximum Gasteiger partial charge on any atom is 0.271 e. The molecule has 0 aromatic heterocycles. The monoisotopic (exact) mass is 334 g/mol. The first-order valence-electron chi connectivity index (χ1n) is 6.24. The van der Waals surface area contributed by atoms with Crippen LogP contribution < -0.4 is 0 Å². The summed E-state index contributed by atoms with van der Waals surface area (Å²) in [6, 6.07) is 2.93. The number of carbonyl (C=O) groups excluding carboxylic acids is 1. The molecule has 9 heteroatoms. The highest BCUT2D eigenvalue weighted by Crippen LogP contribution is 2.24. The summed E-state index contributed by atoms with van der Waals surface area (Å²) in [4.78, 5) is 23.4. The molecule has 1 rings (SSSR count). The van der Waals surface area contributed by atoms with Crippen LogP contribution >= 0.6 is 10.7 Å². The summed E-state index contributed by atoms with van der Waals surface area (Å²) in [7, 11) is 1.05. The van der Waals surface area contributed by atoms with Crippen LogP contribution in [0.25, 0.3) is 0 Å². The van der Waals surface area contributed by atoms with Crippen molar-refractivity contribution in [2.75, 3.05) is 13.1 Å².